The highest BCUT2D eigenvalue weighted by molar-refractivity contribution is 5.92. The Balaban J connectivity index is 2.61. The zero-order valence-electron chi connectivity index (χ0n) is 11.6. The summed E-state index contributed by atoms with van der Waals surface area (Å²) < 4.78 is 5.75. The van der Waals surface area contributed by atoms with E-state index in [1.165, 1.54) is 0 Å². The predicted molar refractivity (Wildman–Crippen MR) is 75.6 cm³/mol. The van der Waals surface area contributed by atoms with Crippen molar-refractivity contribution in [2.75, 3.05) is 6.61 Å². The minimum atomic E-state index is -0.206. The molecule has 0 radical (unpaired) electrons. The first-order valence-electron chi connectivity index (χ1n) is 7.08. The van der Waals surface area contributed by atoms with Gasteiger partial charge in [-0.05, 0) is 45.4 Å². The SMILES string of the molecule is C=CCCCC1(CCCC=C)C(=O)C[C@@H]1OCC. The van der Waals surface area contributed by atoms with Crippen molar-refractivity contribution < 1.29 is 9.53 Å². The van der Waals surface area contributed by atoms with Crippen molar-refractivity contribution in [3.8, 4) is 0 Å². The molecule has 0 spiro atoms. The van der Waals surface area contributed by atoms with E-state index in [0.29, 0.717) is 18.8 Å². The van der Waals surface area contributed by atoms with Gasteiger partial charge in [0, 0.05) is 13.0 Å². The van der Waals surface area contributed by atoms with E-state index in [9.17, 15) is 4.79 Å². The molecule has 1 atom stereocenters. The Morgan fingerprint density at radius 3 is 2.22 bits per heavy atom. The van der Waals surface area contributed by atoms with Gasteiger partial charge in [-0.3, -0.25) is 4.79 Å². The number of hydrogen-bond acceptors (Lipinski definition) is 2. The van der Waals surface area contributed by atoms with Gasteiger partial charge in [-0.15, -0.1) is 13.2 Å². The standard InChI is InChI=1S/C16H26O2/c1-4-7-9-11-16(12-10-8-5-2)14(17)13-15(16)18-6-3/h4-5,15H,1-2,6-13H2,3H3/t15-/m0/s1. The van der Waals surface area contributed by atoms with Crippen LogP contribution in [0.5, 0.6) is 0 Å². The predicted octanol–water partition coefficient (Wildman–Crippen LogP) is 4.06. The highest BCUT2D eigenvalue weighted by Crippen LogP contribution is 2.48. The molecule has 102 valence electrons. The molecule has 1 rings (SSSR count). The molecule has 1 fully saturated rings. The van der Waals surface area contributed by atoms with Crippen LogP contribution < -0.4 is 0 Å². The largest absolute Gasteiger partial charge is 0.377 e. The fourth-order valence-corrected chi connectivity index (χ4v) is 2.88. The van der Waals surface area contributed by atoms with Gasteiger partial charge >= 0.3 is 0 Å². The molecule has 0 saturated heterocycles. The van der Waals surface area contributed by atoms with E-state index in [1.54, 1.807) is 0 Å². The van der Waals surface area contributed by atoms with Crippen LogP contribution in [0.15, 0.2) is 25.3 Å². The van der Waals surface area contributed by atoms with E-state index in [4.69, 9.17) is 4.74 Å². The number of hydrogen-bond donors (Lipinski definition) is 0. The van der Waals surface area contributed by atoms with Gasteiger partial charge in [0.1, 0.15) is 5.78 Å². The first kappa shape index (κ1) is 15.2. The summed E-state index contributed by atoms with van der Waals surface area (Å²) in [5.74, 6) is 0.397. The lowest BCUT2D eigenvalue weighted by molar-refractivity contribution is -0.166. The minimum absolute atomic E-state index is 0.143. The molecule has 0 aliphatic heterocycles. The molecule has 1 aliphatic carbocycles. The van der Waals surface area contributed by atoms with Gasteiger partial charge in [0.25, 0.3) is 0 Å². The zero-order chi connectivity index (χ0) is 13.4. The number of ketones is 1. The molecular formula is C16H26O2. The highest BCUT2D eigenvalue weighted by atomic mass is 16.5. The first-order valence-corrected chi connectivity index (χ1v) is 7.08. The summed E-state index contributed by atoms with van der Waals surface area (Å²) in [4.78, 5) is 12.1. The average Bonchev–Trinajstić information content (AvgIpc) is 2.37. The molecule has 0 heterocycles. The van der Waals surface area contributed by atoms with Crippen LogP contribution in [0.1, 0.15) is 51.9 Å². The maximum absolute atomic E-state index is 12.1. The van der Waals surface area contributed by atoms with Gasteiger partial charge in [0.15, 0.2) is 0 Å². The van der Waals surface area contributed by atoms with Gasteiger partial charge in [-0.1, -0.05) is 12.2 Å². The van der Waals surface area contributed by atoms with Crippen molar-refractivity contribution in [1.29, 1.82) is 0 Å². The van der Waals surface area contributed by atoms with E-state index in [-0.39, 0.29) is 11.5 Å². The summed E-state index contributed by atoms with van der Waals surface area (Å²) in [6, 6.07) is 0. The Morgan fingerprint density at radius 1 is 1.28 bits per heavy atom. The number of carbonyl (C=O) groups excluding carboxylic acids is 1. The van der Waals surface area contributed by atoms with Crippen molar-refractivity contribution in [1.82, 2.24) is 0 Å². The lowest BCUT2D eigenvalue weighted by Gasteiger charge is -2.47. The lowest BCUT2D eigenvalue weighted by Crippen LogP contribution is -2.55. The van der Waals surface area contributed by atoms with Crippen LogP contribution in [0.2, 0.25) is 0 Å². The lowest BCUT2D eigenvalue weighted by atomic mass is 9.59. The van der Waals surface area contributed by atoms with Gasteiger partial charge in [-0.2, -0.15) is 0 Å². The van der Waals surface area contributed by atoms with Gasteiger partial charge < -0.3 is 4.74 Å². The molecule has 0 bridgehead atoms. The van der Waals surface area contributed by atoms with Crippen molar-refractivity contribution in [3.05, 3.63) is 25.3 Å². The maximum atomic E-state index is 12.1. The Morgan fingerprint density at radius 2 is 1.83 bits per heavy atom. The number of unbranched alkanes of at least 4 members (excludes halogenated alkanes) is 2. The third-order valence-corrected chi connectivity index (χ3v) is 3.97. The van der Waals surface area contributed by atoms with E-state index in [2.05, 4.69) is 13.2 Å². The smallest absolute Gasteiger partial charge is 0.144 e. The van der Waals surface area contributed by atoms with Crippen LogP contribution in [0, 0.1) is 5.41 Å². The zero-order valence-corrected chi connectivity index (χ0v) is 11.6. The van der Waals surface area contributed by atoms with Crippen molar-refractivity contribution >= 4 is 5.78 Å². The number of carbonyl (C=O) groups is 1. The van der Waals surface area contributed by atoms with Crippen molar-refractivity contribution in [3.63, 3.8) is 0 Å². The van der Waals surface area contributed by atoms with Gasteiger partial charge in [-0.25, -0.2) is 0 Å². The number of ether oxygens (including phenoxy) is 1. The fraction of sp³-hybridized carbons (Fsp3) is 0.688. The molecule has 2 nitrogen and oxygen atoms in total. The molecular weight excluding hydrogens is 224 g/mol. The molecule has 0 aromatic heterocycles. The topological polar surface area (TPSA) is 26.3 Å². The monoisotopic (exact) mass is 250 g/mol. The Bertz CT molecular complexity index is 279. The quantitative estimate of drug-likeness (QED) is 0.431. The Labute approximate surface area is 111 Å². The van der Waals surface area contributed by atoms with E-state index < -0.39 is 0 Å². The molecule has 0 amide bonds. The van der Waals surface area contributed by atoms with Crippen molar-refractivity contribution in [2.24, 2.45) is 5.41 Å². The summed E-state index contributed by atoms with van der Waals surface area (Å²) in [6.45, 7) is 10.2. The second-order valence-corrected chi connectivity index (χ2v) is 5.09. The van der Waals surface area contributed by atoms with E-state index in [1.807, 2.05) is 19.1 Å². The van der Waals surface area contributed by atoms with E-state index >= 15 is 0 Å². The van der Waals surface area contributed by atoms with Crippen LogP contribution in [-0.2, 0) is 9.53 Å². The Hall–Kier alpha value is -0.890. The summed E-state index contributed by atoms with van der Waals surface area (Å²) in [7, 11) is 0. The van der Waals surface area contributed by atoms with Crippen LogP contribution in [0.25, 0.3) is 0 Å². The summed E-state index contributed by atoms with van der Waals surface area (Å²) in [5, 5.41) is 0. The van der Waals surface area contributed by atoms with Crippen LogP contribution in [0.3, 0.4) is 0 Å². The molecule has 18 heavy (non-hydrogen) atoms. The first-order chi connectivity index (χ1) is 8.71. The number of rotatable bonds is 10. The number of allylic oxidation sites excluding steroid dienone is 2. The van der Waals surface area contributed by atoms with Crippen LogP contribution in [0.4, 0.5) is 0 Å². The van der Waals surface area contributed by atoms with E-state index in [0.717, 1.165) is 38.5 Å². The molecule has 2 heteroatoms. The summed E-state index contributed by atoms with van der Waals surface area (Å²) >= 11 is 0. The second-order valence-electron chi connectivity index (χ2n) is 5.09. The molecule has 0 unspecified atom stereocenters. The van der Waals surface area contributed by atoms with Gasteiger partial charge in [0.2, 0.25) is 0 Å². The normalized spacial score (nSPS) is 21.4. The molecule has 1 aliphatic rings. The molecule has 0 aromatic rings. The Kier molecular flexibility index (Phi) is 6.34. The van der Waals surface area contributed by atoms with Crippen LogP contribution in [-0.4, -0.2) is 18.5 Å². The maximum Gasteiger partial charge on any atom is 0.144 e. The van der Waals surface area contributed by atoms with Gasteiger partial charge in [0.05, 0.1) is 11.5 Å². The number of Topliss-reactive ketones (excluding diaryl/α,β-unsaturated/α-hetero) is 1. The molecule has 0 aromatic carbocycles. The second kappa shape index (κ2) is 7.52. The average molecular weight is 250 g/mol. The highest BCUT2D eigenvalue weighted by Gasteiger charge is 2.53. The third kappa shape index (κ3) is 3.32. The molecule has 1 saturated carbocycles. The van der Waals surface area contributed by atoms with Crippen molar-refractivity contribution in [2.45, 2.75) is 58.0 Å². The van der Waals surface area contributed by atoms with Crippen LogP contribution >= 0.6 is 0 Å². The summed E-state index contributed by atoms with van der Waals surface area (Å²) in [5.41, 5.74) is -0.206. The summed E-state index contributed by atoms with van der Waals surface area (Å²) in [6.07, 6.45) is 10.5. The minimum Gasteiger partial charge on any atom is -0.377 e. The fourth-order valence-electron chi connectivity index (χ4n) is 2.88. The molecule has 0 N–H and O–H groups in total. The third-order valence-electron chi connectivity index (χ3n) is 3.97.